The van der Waals surface area contributed by atoms with E-state index in [2.05, 4.69) is 15.4 Å². The van der Waals surface area contributed by atoms with Crippen LogP contribution in [0.25, 0.3) is 21.8 Å². The zero-order chi connectivity index (χ0) is 17.4. The highest BCUT2D eigenvalue weighted by Gasteiger charge is 2.10. The summed E-state index contributed by atoms with van der Waals surface area (Å²) in [5, 5.41) is 1.80. The summed E-state index contributed by atoms with van der Waals surface area (Å²) in [5.74, 6) is 1.42. The molecule has 0 aliphatic carbocycles. The Hall–Kier alpha value is -3.48. The molecule has 0 amide bonds. The maximum absolute atomic E-state index is 6.05. The van der Waals surface area contributed by atoms with Gasteiger partial charge in [-0.05, 0) is 35.9 Å². The number of fused-ring (bicyclic) bond motifs is 3. The number of ether oxygens (including phenoxy) is 1. The monoisotopic (exact) mass is 334 g/mol. The van der Waals surface area contributed by atoms with Gasteiger partial charge >= 0.3 is 0 Å². The van der Waals surface area contributed by atoms with Crippen LogP contribution in [0.2, 0.25) is 0 Å². The Labute approximate surface area is 144 Å². The Kier molecular flexibility index (Phi) is 3.53. The summed E-state index contributed by atoms with van der Waals surface area (Å²) in [6, 6.07) is 13.8. The van der Waals surface area contributed by atoms with E-state index in [1.807, 2.05) is 53.3 Å². The zero-order valence-electron chi connectivity index (χ0n) is 13.7. The summed E-state index contributed by atoms with van der Waals surface area (Å²) in [6.07, 6.45) is 1.96. The molecule has 0 saturated carbocycles. The molecule has 5 N–H and O–H groups in total. The Balaban J connectivity index is 1.67. The summed E-state index contributed by atoms with van der Waals surface area (Å²) in [7, 11) is 1.66. The first-order valence-electron chi connectivity index (χ1n) is 7.85. The summed E-state index contributed by atoms with van der Waals surface area (Å²) >= 11 is 0. The van der Waals surface area contributed by atoms with Gasteiger partial charge in [0.2, 0.25) is 5.95 Å². The van der Waals surface area contributed by atoms with Crippen LogP contribution in [0, 0.1) is 0 Å². The highest BCUT2D eigenvalue weighted by Crippen LogP contribution is 2.28. The van der Waals surface area contributed by atoms with Crippen molar-refractivity contribution >= 4 is 33.6 Å². The lowest BCUT2D eigenvalue weighted by Gasteiger charge is -2.11. The largest absolute Gasteiger partial charge is 0.497 e. The van der Waals surface area contributed by atoms with E-state index < -0.39 is 0 Å². The fourth-order valence-corrected chi connectivity index (χ4v) is 2.95. The van der Waals surface area contributed by atoms with E-state index in [0.717, 1.165) is 33.1 Å². The molecule has 7 nitrogen and oxygen atoms in total. The third kappa shape index (κ3) is 2.65. The molecule has 0 radical (unpaired) electrons. The number of nitrogens with one attached hydrogen (secondary N) is 1. The van der Waals surface area contributed by atoms with E-state index in [4.69, 9.17) is 16.2 Å². The molecule has 0 unspecified atom stereocenters. The predicted molar refractivity (Wildman–Crippen MR) is 99.9 cm³/mol. The average Bonchev–Trinajstić information content (AvgIpc) is 3.03. The molecule has 7 heteroatoms. The molecular weight excluding hydrogens is 316 g/mol. The minimum atomic E-state index is 0.182. The second-order valence-corrected chi connectivity index (χ2v) is 5.73. The average molecular weight is 334 g/mol. The highest BCUT2D eigenvalue weighted by atomic mass is 16.5. The number of nitrogens with two attached hydrogens (primary N) is 2. The van der Waals surface area contributed by atoms with Crippen molar-refractivity contribution in [2.45, 2.75) is 6.54 Å². The fraction of sp³-hybridized carbons (Fsp3) is 0.111. The third-order valence-corrected chi connectivity index (χ3v) is 4.19. The third-order valence-electron chi connectivity index (χ3n) is 4.19. The molecule has 0 aliphatic heterocycles. The number of hydrogen-bond donors (Lipinski definition) is 3. The van der Waals surface area contributed by atoms with Crippen LogP contribution in [-0.4, -0.2) is 21.8 Å². The topological polar surface area (TPSA) is 104 Å². The van der Waals surface area contributed by atoms with Crippen LogP contribution >= 0.6 is 0 Å². The van der Waals surface area contributed by atoms with Gasteiger partial charge in [0.05, 0.1) is 30.1 Å². The lowest BCUT2D eigenvalue weighted by atomic mass is 10.1. The maximum Gasteiger partial charge on any atom is 0.222 e. The minimum absolute atomic E-state index is 0.182. The standard InChI is InChI=1S/C18H18N6O/c1-25-12-4-2-11(3-5-12)10-21-24-9-8-13-15(24)7-6-14-16(13)17(19)23-18(20)22-14/h2-9,21H,10H2,1H3,(H4,19,20,22,23). The highest BCUT2D eigenvalue weighted by molar-refractivity contribution is 6.10. The summed E-state index contributed by atoms with van der Waals surface area (Å²) in [6.45, 7) is 0.680. The summed E-state index contributed by atoms with van der Waals surface area (Å²) in [5.41, 5.74) is 18.0. The SMILES string of the molecule is COc1ccc(CNn2ccc3c4c(N)nc(N)nc4ccc32)cc1. The summed E-state index contributed by atoms with van der Waals surface area (Å²) < 4.78 is 7.15. The van der Waals surface area contributed by atoms with Crippen molar-refractivity contribution in [3.8, 4) is 5.75 Å². The Morgan fingerprint density at radius 1 is 1.04 bits per heavy atom. The van der Waals surface area contributed by atoms with Crippen molar-refractivity contribution in [2.24, 2.45) is 0 Å². The number of nitrogens with zero attached hydrogens (tertiary/aromatic N) is 3. The van der Waals surface area contributed by atoms with Gasteiger partial charge in [-0.2, -0.15) is 4.98 Å². The lowest BCUT2D eigenvalue weighted by molar-refractivity contribution is 0.414. The van der Waals surface area contributed by atoms with E-state index in [1.54, 1.807) is 7.11 Å². The smallest absolute Gasteiger partial charge is 0.222 e. The first-order valence-corrected chi connectivity index (χ1v) is 7.85. The van der Waals surface area contributed by atoms with Gasteiger partial charge in [-0.1, -0.05) is 12.1 Å². The second kappa shape index (κ2) is 5.86. The minimum Gasteiger partial charge on any atom is -0.497 e. The van der Waals surface area contributed by atoms with E-state index >= 15 is 0 Å². The van der Waals surface area contributed by atoms with Gasteiger partial charge in [0.1, 0.15) is 11.6 Å². The van der Waals surface area contributed by atoms with Crippen LogP contribution in [0.4, 0.5) is 11.8 Å². The van der Waals surface area contributed by atoms with E-state index in [1.165, 1.54) is 0 Å². The molecule has 2 heterocycles. The molecule has 25 heavy (non-hydrogen) atoms. The van der Waals surface area contributed by atoms with Gasteiger partial charge in [-0.3, -0.25) is 4.68 Å². The Morgan fingerprint density at radius 2 is 1.84 bits per heavy atom. The zero-order valence-corrected chi connectivity index (χ0v) is 13.7. The molecule has 2 aromatic carbocycles. The molecule has 2 aromatic heterocycles. The predicted octanol–water partition coefficient (Wildman–Crippen LogP) is 2.50. The van der Waals surface area contributed by atoms with Crippen molar-refractivity contribution in [1.82, 2.24) is 14.6 Å². The van der Waals surface area contributed by atoms with Crippen LogP contribution in [-0.2, 0) is 6.54 Å². The number of aromatic nitrogens is 3. The number of anilines is 2. The van der Waals surface area contributed by atoms with Gasteiger partial charge in [-0.25, -0.2) is 4.98 Å². The second-order valence-electron chi connectivity index (χ2n) is 5.73. The van der Waals surface area contributed by atoms with E-state index in [-0.39, 0.29) is 5.95 Å². The van der Waals surface area contributed by atoms with Crippen molar-refractivity contribution < 1.29 is 4.74 Å². The molecule has 0 saturated heterocycles. The molecule has 0 atom stereocenters. The number of methoxy groups -OCH3 is 1. The van der Waals surface area contributed by atoms with Crippen LogP contribution in [0.5, 0.6) is 5.75 Å². The molecular formula is C18H18N6O. The number of rotatable bonds is 4. The van der Waals surface area contributed by atoms with Gasteiger partial charge in [0.15, 0.2) is 0 Å². The fourth-order valence-electron chi connectivity index (χ4n) is 2.95. The molecule has 0 fully saturated rings. The van der Waals surface area contributed by atoms with Gasteiger partial charge in [0, 0.05) is 11.6 Å². The Morgan fingerprint density at radius 3 is 2.60 bits per heavy atom. The molecule has 126 valence electrons. The molecule has 0 spiro atoms. The quantitative estimate of drug-likeness (QED) is 0.530. The van der Waals surface area contributed by atoms with Crippen molar-refractivity contribution in [1.29, 1.82) is 0 Å². The van der Waals surface area contributed by atoms with E-state index in [9.17, 15) is 0 Å². The molecule has 4 aromatic rings. The van der Waals surface area contributed by atoms with Crippen molar-refractivity contribution in [3.05, 3.63) is 54.2 Å². The lowest BCUT2D eigenvalue weighted by Crippen LogP contribution is -2.12. The first kappa shape index (κ1) is 15.1. The van der Waals surface area contributed by atoms with Crippen molar-refractivity contribution in [2.75, 3.05) is 24.0 Å². The molecule has 0 aliphatic rings. The molecule has 0 bridgehead atoms. The van der Waals surface area contributed by atoms with Crippen molar-refractivity contribution in [3.63, 3.8) is 0 Å². The van der Waals surface area contributed by atoms with Gasteiger partial charge in [0.25, 0.3) is 0 Å². The number of hydrogen-bond acceptors (Lipinski definition) is 6. The maximum atomic E-state index is 6.05. The normalized spacial score (nSPS) is 11.1. The van der Waals surface area contributed by atoms with Gasteiger partial charge < -0.3 is 21.6 Å². The number of nitrogen functional groups attached to an aromatic ring is 2. The van der Waals surface area contributed by atoms with Gasteiger partial charge in [-0.15, -0.1) is 0 Å². The van der Waals surface area contributed by atoms with Crippen LogP contribution in [0.15, 0.2) is 48.7 Å². The van der Waals surface area contributed by atoms with Crippen LogP contribution in [0.1, 0.15) is 5.56 Å². The van der Waals surface area contributed by atoms with Crippen LogP contribution in [0.3, 0.4) is 0 Å². The van der Waals surface area contributed by atoms with E-state index in [0.29, 0.717) is 12.4 Å². The Bertz CT molecular complexity index is 1050. The first-order chi connectivity index (χ1) is 12.2. The summed E-state index contributed by atoms with van der Waals surface area (Å²) in [4.78, 5) is 8.32. The van der Waals surface area contributed by atoms with Crippen LogP contribution < -0.4 is 21.6 Å². The molecule has 4 rings (SSSR count). The number of benzene rings is 2.